The van der Waals surface area contributed by atoms with Gasteiger partial charge in [0.1, 0.15) is 0 Å². The summed E-state index contributed by atoms with van der Waals surface area (Å²) < 4.78 is 0. The van der Waals surface area contributed by atoms with Crippen LogP contribution in [-0.4, -0.2) is 30.5 Å². The van der Waals surface area contributed by atoms with E-state index in [1.54, 1.807) is 0 Å². The summed E-state index contributed by atoms with van der Waals surface area (Å²) in [6, 6.07) is 0. The highest BCUT2D eigenvalue weighted by Crippen LogP contribution is 2.08. The van der Waals surface area contributed by atoms with Gasteiger partial charge in [-0.05, 0) is 32.1 Å². The molecule has 0 aromatic rings. The molecule has 0 spiro atoms. The van der Waals surface area contributed by atoms with Gasteiger partial charge in [0.15, 0.2) is 0 Å². The molecule has 0 saturated heterocycles. The lowest BCUT2D eigenvalue weighted by Gasteiger charge is -2.08. The van der Waals surface area contributed by atoms with E-state index in [2.05, 4.69) is 18.5 Å². The second-order valence-corrected chi connectivity index (χ2v) is 5.06. The SMILES string of the molecule is CSC(C)CCNC(=O)CCCCCN. The van der Waals surface area contributed by atoms with Gasteiger partial charge in [-0.3, -0.25) is 4.79 Å². The summed E-state index contributed by atoms with van der Waals surface area (Å²) in [6.07, 6.45) is 6.84. The normalized spacial score (nSPS) is 12.5. The van der Waals surface area contributed by atoms with Crippen LogP contribution in [0.2, 0.25) is 0 Å². The Kier molecular flexibility index (Phi) is 10.2. The van der Waals surface area contributed by atoms with Gasteiger partial charge in [0, 0.05) is 18.2 Å². The van der Waals surface area contributed by atoms with Crippen LogP contribution in [0, 0.1) is 0 Å². The van der Waals surface area contributed by atoms with Crippen molar-refractivity contribution in [3.05, 3.63) is 0 Å². The molecule has 0 fully saturated rings. The fraction of sp³-hybridized carbons (Fsp3) is 0.909. The number of carbonyl (C=O) groups excluding carboxylic acids is 1. The van der Waals surface area contributed by atoms with E-state index in [0.29, 0.717) is 11.7 Å². The van der Waals surface area contributed by atoms with Gasteiger partial charge in [0.2, 0.25) is 5.91 Å². The van der Waals surface area contributed by atoms with Gasteiger partial charge in [-0.25, -0.2) is 0 Å². The fourth-order valence-corrected chi connectivity index (χ4v) is 1.58. The summed E-state index contributed by atoms with van der Waals surface area (Å²) in [7, 11) is 0. The van der Waals surface area contributed by atoms with Gasteiger partial charge < -0.3 is 11.1 Å². The predicted molar refractivity (Wildman–Crippen MR) is 68.1 cm³/mol. The molecule has 0 aliphatic heterocycles. The molecule has 3 N–H and O–H groups in total. The third kappa shape index (κ3) is 10.1. The van der Waals surface area contributed by atoms with Gasteiger partial charge in [-0.1, -0.05) is 13.3 Å². The molecule has 3 nitrogen and oxygen atoms in total. The topological polar surface area (TPSA) is 55.1 Å². The fourth-order valence-electron chi connectivity index (χ4n) is 1.23. The van der Waals surface area contributed by atoms with Crippen molar-refractivity contribution in [2.45, 2.75) is 44.3 Å². The Labute approximate surface area is 97.6 Å². The van der Waals surface area contributed by atoms with Gasteiger partial charge in [-0.2, -0.15) is 11.8 Å². The van der Waals surface area contributed by atoms with Gasteiger partial charge in [0.25, 0.3) is 0 Å². The zero-order valence-corrected chi connectivity index (χ0v) is 10.7. The van der Waals surface area contributed by atoms with Crippen LogP contribution in [0.5, 0.6) is 0 Å². The summed E-state index contributed by atoms with van der Waals surface area (Å²) >= 11 is 1.84. The number of nitrogens with two attached hydrogens (primary N) is 1. The maximum atomic E-state index is 11.3. The summed E-state index contributed by atoms with van der Waals surface area (Å²) in [5.41, 5.74) is 5.37. The molecular weight excluding hydrogens is 208 g/mol. The molecule has 0 aliphatic rings. The Morgan fingerprint density at radius 2 is 2.13 bits per heavy atom. The molecule has 0 aliphatic carbocycles. The molecule has 1 atom stereocenters. The quantitative estimate of drug-likeness (QED) is 0.596. The van der Waals surface area contributed by atoms with Crippen molar-refractivity contribution >= 4 is 17.7 Å². The average Bonchev–Trinajstić information content (AvgIpc) is 2.24. The van der Waals surface area contributed by atoms with Crippen LogP contribution in [0.3, 0.4) is 0 Å². The highest BCUT2D eigenvalue weighted by Gasteiger charge is 2.02. The third-order valence-electron chi connectivity index (χ3n) is 2.38. The standard InChI is InChI=1S/C11H24N2OS/c1-10(15-2)7-9-13-11(14)6-4-3-5-8-12/h10H,3-9,12H2,1-2H3,(H,13,14). The number of hydrogen-bond donors (Lipinski definition) is 2. The van der Waals surface area contributed by atoms with Crippen molar-refractivity contribution in [2.24, 2.45) is 5.73 Å². The minimum atomic E-state index is 0.181. The lowest BCUT2D eigenvalue weighted by atomic mass is 10.2. The molecule has 0 bridgehead atoms. The molecule has 0 aromatic heterocycles. The Hall–Kier alpha value is -0.220. The maximum absolute atomic E-state index is 11.3. The minimum Gasteiger partial charge on any atom is -0.356 e. The van der Waals surface area contributed by atoms with Gasteiger partial charge in [0.05, 0.1) is 0 Å². The van der Waals surface area contributed by atoms with E-state index < -0.39 is 0 Å². The van der Waals surface area contributed by atoms with Crippen LogP contribution in [0.15, 0.2) is 0 Å². The Bertz CT molecular complexity index is 165. The smallest absolute Gasteiger partial charge is 0.219 e. The monoisotopic (exact) mass is 232 g/mol. The third-order valence-corrected chi connectivity index (χ3v) is 3.42. The zero-order chi connectivity index (χ0) is 11.5. The molecule has 15 heavy (non-hydrogen) atoms. The second-order valence-electron chi connectivity index (χ2n) is 3.78. The van der Waals surface area contributed by atoms with Crippen molar-refractivity contribution in [2.75, 3.05) is 19.3 Å². The van der Waals surface area contributed by atoms with Crippen LogP contribution in [0.25, 0.3) is 0 Å². The van der Waals surface area contributed by atoms with Crippen molar-refractivity contribution in [1.29, 1.82) is 0 Å². The summed E-state index contributed by atoms with van der Waals surface area (Å²) in [6.45, 7) is 3.71. The molecule has 4 heteroatoms. The van der Waals surface area contributed by atoms with E-state index in [1.165, 1.54) is 0 Å². The van der Waals surface area contributed by atoms with Crippen molar-refractivity contribution in [3.8, 4) is 0 Å². The number of rotatable bonds is 9. The molecule has 1 amide bonds. The van der Waals surface area contributed by atoms with E-state index in [0.717, 1.165) is 38.8 Å². The number of hydrogen-bond acceptors (Lipinski definition) is 3. The highest BCUT2D eigenvalue weighted by molar-refractivity contribution is 7.99. The Morgan fingerprint density at radius 1 is 1.40 bits per heavy atom. The number of carbonyl (C=O) groups is 1. The van der Waals surface area contributed by atoms with Crippen LogP contribution in [0.4, 0.5) is 0 Å². The van der Waals surface area contributed by atoms with Crippen LogP contribution >= 0.6 is 11.8 Å². The van der Waals surface area contributed by atoms with E-state index in [4.69, 9.17) is 5.73 Å². The van der Waals surface area contributed by atoms with Crippen LogP contribution < -0.4 is 11.1 Å². The number of unbranched alkanes of at least 4 members (excludes halogenated alkanes) is 2. The van der Waals surface area contributed by atoms with Gasteiger partial charge in [-0.15, -0.1) is 0 Å². The second kappa shape index (κ2) is 10.3. The Balaban J connectivity index is 3.26. The summed E-state index contributed by atoms with van der Waals surface area (Å²) in [5.74, 6) is 0.181. The lowest BCUT2D eigenvalue weighted by Crippen LogP contribution is -2.25. The van der Waals surface area contributed by atoms with E-state index in [-0.39, 0.29) is 5.91 Å². The first-order valence-electron chi connectivity index (χ1n) is 5.70. The first-order valence-corrected chi connectivity index (χ1v) is 6.99. The summed E-state index contributed by atoms with van der Waals surface area (Å²) in [4.78, 5) is 11.3. The number of nitrogens with one attached hydrogen (secondary N) is 1. The molecule has 0 aromatic carbocycles. The molecular formula is C11H24N2OS. The summed E-state index contributed by atoms with van der Waals surface area (Å²) in [5, 5.41) is 3.57. The van der Waals surface area contributed by atoms with E-state index >= 15 is 0 Å². The predicted octanol–water partition coefficient (Wildman–Crippen LogP) is 1.76. The van der Waals surface area contributed by atoms with E-state index in [1.807, 2.05) is 11.8 Å². The highest BCUT2D eigenvalue weighted by atomic mass is 32.2. The molecule has 90 valence electrons. The molecule has 0 heterocycles. The molecule has 0 saturated carbocycles. The first kappa shape index (κ1) is 14.8. The van der Waals surface area contributed by atoms with Crippen LogP contribution in [-0.2, 0) is 4.79 Å². The molecule has 1 unspecified atom stereocenters. The molecule has 0 radical (unpaired) electrons. The number of thioether (sulfide) groups is 1. The lowest BCUT2D eigenvalue weighted by molar-refractivity contribution is -0.121. The number of amides is 1. The zero-order valence-electron chi connectivity index (χ0n) is 9.92. The minimum absolute atomic E-state index is 0.181. The average molecular weight is 232 g/mol. The molecule has 0 rings (SSSR count). The maximum Gasteiger partial charge on any atom is 0.219 e. The van der Waals surface area contributed by atoms with Crippen molar-refractivity contribution in [1.82, 2.24) is 5.32 Å². The largest absolute Gasteiger partial charge is 0.356 e. The van der Waals surface area contributed by atoms with Gasteiger partial charge >= 0.3 is 0 Å². The first-order chi connectivity index (χ1) is 7.20. The van der Waals surface area contributed by atoms with Crippen molar-refractivity contribution < 1.29 is 4.79 Å². The van der Waals surface area contributed by atoms with Crippen LogP contribution in [0.1, 0.15) is 39.0 Å². The van der Waals surface area contributed by atoms with E-state index in [9.17, 15) is 4.79 Å². The van der Waals surface area contributed by atoms with Crippen molar-refractivity contribution in [3.63, 3.8) is 0 Å². The Morgan fingerprint density at radius 3 is 2.73 bits per heavy atom.